The van der Waals surface area contributed by atoms with Gasteiger partial charge in [0.05, 0.1) is 17.5 Å². The van der Waals surface area contributed by atoms with Crippen molar-refractivity contribution < 1.29 is 9.59 Å². The maximum atomic E-state index is 13.4. The molecule has 0 saturated heterocycles. The number of para-hydroxylation sites is 2. The van der Waals surface area contributed by atoms with E-state index in [1.54, 1.807) is 4.90 Å². The largest absolute Gasteiger partial charge is 0.352 e. The molecule has 1 N–H and O–H groups in total. The molecule has 6 heteroatoms. The molecule has 0 bridgehead atoms. The number of aromatic nitrogens is 2. The average Bonchev–Trinajstić information content (AvgIpc) is 3.32. The number of nitrogens with one attached hydrogen (secondary N) is 1. The highest BCUT2D eigenvalue weighted by atomic mass is 16.2. The third-order valence-electron chi connectivity index (χ3n) is 6.43. The molecule has 0 radical (unpaired) electrons. The molecule has 1 atom stereocenters. The number of carbonyl (C=O) groups is 2. The molecule has 2 aromatic carbocycles. The number of nitrogens with zero attached hydrogens (tertiary/aromatic N) is 3. The van der Waals surface area contributed by atoms with Gasteiger partial charge in [0.2, 0.25) is 11.9 Å². The van der Waals surface area contributed by atoms with E-state index in [2.05, 4.69) is 11.4 Å². The summed E-state index contributed by atoms with van der Waals surface area (Å²) in [6.07, 6.45) is 8.02. The molecule has 3 aromatic rings. The highest BCUT2D eigenvalue weighted by Crippen LogP contribution is 2.37. The van der Waals surface area contributed by atoms with E-state index < -0.39 is 6.04 Å². The topological polar surface area (TPSA) is 67.2 Å². The molecule has 2 aliphatic rings. The number of imidazole rings is 1. The van der Waals surface area contributed by atoms with Crippen molar-refractivity contribution in [2.24, 2.45) is 0 Å². The van der Waals surface area contributed by atoms with Crippen LogP contribution in [0, 0.1) is 0 Å². The van der Waals surface area contributed by atoms with Gasteiger partial charge in [-0.2, -0.15) is 0 Å². The molecule has 2 heterocycles. The first-order chi connectivity index (χ1) is 15.7. The summed E-state index contributed by atoms with van der Waals surface area (Å²) in [5.74, 6) is 0.491. The zero-order valence-electron chi connectivity index (χ0n) is 18.2. The highest BCUT2D eigenvalue weighted by Gasteiger charge is 2.40. The molecule has 0 unspecified atom stereocenters. The molecular formula is C26H28N4O2. The van der Waals surface area contributed by atoms with E-state index in [0.29, 0.717) is 19.0 Å². The number of carbonyl (C=O) groups excluding carboxylic acids is 2. The predicted molar refractivity (Wildman–Crippen MR) is 125 cm³/mol. The zero-order valence-corrected chi connectivity index (χ0v) is 18.2. The molecule has 2 amide bonds. The molecule has 0 fully saturated rings. The van der Waals surface area contributed by atoms with Crippen molar-refractivity contribution in [1.82, 2.24) is 14.9 Å². The summed E-state index contributed by atoms with van der Waals surface area (Å²) in [5.41, 5.74) is 4.22. The fourth-order valence-corrected chi connectivity index (χ4v) is 4.74. The minimum absolute atomic E-state index is 0.0375. The normalized spacial score (nSPS) is 18.0. The first-order valence-corrected chi connectivity index (χ1v) is 11.5. The van der Waals surface area contributed by atoms with Crippen LogP contribution in [0.2, 0.25) is 0 Å². The second-order valence-electron chi connectivity index (χ2n) is 8.60. The lowest BCUT2D eigenvalue weighted by molar-refractivity contribution is -0.127. The van der Waals surface area contributed by atoms with Crippen LogP contribution in [-0.2, 0) is 16.1 Å². The quantitative estimate of drug-likeness (QED) is 0.563. The molecule has 6 nitrogen and oxygen atoms in total. The average molecular weight is 429 g/mol. The Morgan fingerprint density at radius 3 is 2.69 bits per heavy atom. The van der Waals surface area contributed by atoms with Crippen molar-refractivity contribution in [3.8, 4) is 0 Å². The van der Waals surface area contributed by atoms with Crippen molar-refractivity contribution in [2.45, 2.75) is 51.1 Å². The van der Waals surface area contributed by atoms with E-state index in [9.17, 15) is 9.59 Å². The molecule has 1 aliphatic carbocycles. The van der Waals surface area contributed by atoms with Crippen LogP contribution in [-0.4, -0.2) is 27.9 Å². The number of hydrogen-bond acceptors (Lipinski definition) is 3. The third-order valence-corrected chi connectivity index (χ3v) is 6.43. The van der Waals surface area contributed by atoms with E-state index in [0.717, 1.165) is 35.9 Å². The number of benzene rings is 2. The van der Waals surface area contributed by atoms with Crippen LogP contribution < -0.4 is 10.2 Å². The summed E-state index contributed by atoms with van der Waals surface area (Å²) in [6, 6.07) is 17.1. The smallest absolute Gasteiger partial charge is 0.253 e. The van der Waals surface area contributed by atoms with Crippen molar-refractivity contribution in [1.29, 1.82) is 0 Å². The fourth-order valence-electron chi connectivity index (χ4n) is 4.74. The number of allylic oxidation sites excluding steroid dienone is 1. The van der Waals surface area contributed by atoms with Crippen LogP contribution in [0.25, 0.3) is 11.0 Å². The fraction of sp³-hybridized carbons (Fsp3) is 0.346. The number of anilines is 1. The van der Waals surface area contributed by atoms with E-state index >= 15 is 0 Å². The maximum Gasteiger partial charge on any atom is 0.253 e. The monoisotopic (exact) mass is 428 g/mol. The first-order valence-electron chi connectivity index (χ1n) is 11.5. The van der Waals surface area contributed by atoms with E-state index in [4.69, 9.17) is 4.98 Å². The van der Waals surface area contributed by atoms with E-state index in [-0.39, 0.29) is 18.2 Å². The Morgan fingerprint density at radius 1 is 1.06 bits per heavy atom. The minimum atomic E-state index is -0.562. The van der Waals surface area contributed by atoms with Crippen LogP contribution in [0.5, 0.6) is 0 Å². The molecule has 0 saturated carbocycles. The molecule has 1 aromatic heterocycles. The third kappa shape index (κ3) is 4.05. The summed E-state index contributed by atoms with van der Waals surface area (Å²) in [7, 11) is 0. The van der Waals surface area contributed by atoms with Crippen LogP contribution in [0.3, 0.4) is 0 Å². The summed E-state index contributed by atoms with van der Waals surface area (Å²) in [5, 5.41) is 2.96. The molecule has 32 heavy (non-hydrogen) atoms. The van der Waals surface area contributed by atoms with Gasteiger partial charge in [-0.05, 0) is 49.8 Å². The van der Waals surface area contributed by atoms with Gasteiger partial charge in [-0.3, -0.25) is 19.1 Å². The van der Waals surface area contributed by atoms with Crippen molar-refractivity contribution >= 4 is 28.8 Å². The lowest BCUT2D eigenvalue weighted by atomic mass is 9.97. The van der Waals surface area contributed by atoms with Crippen molar-refractivity contribution in [3.05, 3.63) is 71.8 Å². The van der Waals surface area contributed by atoms with Gasteiger partial charge < -0.3 is 5.32 Å². The minimum Gasteiger partial charge on any atom is -0.352 e. The second kappa shape index (κ2) is 8.99. The number of hydrogen-bond donors (Lipinski definition) is 1. The number of fused-ring (bicyclic) bond motifs is 3. The SMILES string of the molecule is O=C(C[C@H]1C(=O)N(CCC2=CCCCC2)c2nc3ccccc3n21)NCc1ccccc1. The predicted octanol–water partition coefficient (Wildman–Crippen LogP) is 4.52. The molecule has 0 spiro atoms. The Labute approximate surface area is 187 Å². The summed E-state index contributed by atoms with van der Waals surface area (Å²) < 4.78 is 1.95. The zero-order chi connectivity index (χ0) is 21.9. The Balaban J connectivity index is 1.36. The van der Waals surface area contributed by atoms with Crippen LogP contribution in [0.15, 0.2) is 66.2 Å². The number of amides is 2. The van der Waals surface area contributed by atoms with Crippen LogP contribution in [0.1, 0.15) is 50.1 Å². The standard InChI is InChI=1S/C26H28N4O2/c31-24(27-18-20-11-5-2-6-12-20)17-23-25(32)29(16-15-19-9-3-1-4-10-19)26-28-21-13-7-8-14-22(21)30(23)26/h2,5-9,11-14,23H,1,3-4,10,15-18H2,(H,27,31)/t23-/m0/s1. The molecule has 5 rings (SSSR count). The number of rotatable bonds is 7. The van der Waals surface area contributed by atoms with Crippen LogP contribution in [0.4, 0.5) is 5.95 Å². The van der Waals surface area contributed by atoms with Crippen molar-refractivity contribution in [3.63, 3.8) is 0 Å². The maximum absolute atomic E-state index is 13.4. The van der Waals surface area contributed by atoms with Crippen LogP contribution >= 0.6 is 0 Å². The Kier molecular flexibility index (Phi) is 5.75. The summed E-state index contributed by atoms with van der Waals surface area (Å²) >= 11 is 0. The second-order valence-corrected chi connectivity index (χ2v) is 8.60. The van der Waals surface area contributed by atoms with Gasteiger partial charge in [0.1, 0.15) is 6.04 Å². The van der Waals surface area contributed by atoms with Gasteiger partial charge in [0, 0.05) is 13.1 Å². The summed E-state index contributed by atoms with van der Waals surface area (Å²) in [6.45, 7) is 1.06. The lowest BCUT2D eigenvalue weighted by Gasteiger charge is -2.18. The van der Waals surface area contributed by atoms with Gasteiger partial charge in [0.25, 0.3) is 5.91 Å². The van der Waals surface area contributed by atoms with E-state index in [1.807, 2.05) is 59.2 Å². The molecule has 1 aliphatic heterocycles. The summed E-state index contributed by atoms with van der Waals surface area (Å²) in [4.78, 5) is 32.7. The van der Waals surface area contributed by atoms with Gasteiger partial charge in [-0.1, -0.05) is 54.1 Å². The molecular weight excluding hydrogens is 400 g/mol. The Bertz CT molecular complexity index is 1170. The van der Waals surface area contributed by atoms with E-state index in [1.165, 1.54) is 18.4 Å². The Hall–Kier alpha value is -3.41. The molecule has 164 valence electrons. The van der Waals surface area contributed by atoms with Gasteiger partial charge in [-0.15, -0.1) is 0 Å². The first kappa shape index (κ1) is 20.5. The Morgan fingerprint density at radius 2 is 1.88 bits per heavy atom. The van der Waals surface area contributed by atoms with Gasteiger partial charge >= 0.3 is 0 Å². The lowest BCUT2D eigenvalue weighted by Crippen LogP contribution is -2.33. The van der Waals surface area contributed by atoms with Gasteiger partial charge in [0.15, 0.2) is 0 Å². The van der Waals surface area contributed by atoms with Gasteiger partial charge in [-0.25, -0.2) is 4.98 Å². The van der Waals surface area contributed by atoms with Crippen molar-refractivity contribution in [2.75, 3.05) is 11.4 Å². The highest BCUT2D eigenvalue weighted by molar-refractivity contribution is 6.03.